The third-order valence-electron chi connectivity index (χ3n) is 2.52. The van der Waals surface area contributed by atoms with Crippen LogP contribution in [0.5, 0.6) is 0 Å². The van der Waals surface area contributed by atoms with Crippen LogP contribution in [0.3, 0.4) is 0 Å². The standard InChI is InChI=1S/C13H13F3N2O/c1-9(8-10-4-3-7-19-10)17-12-6-2-5-11(18-12)13(14,15)16/h2-7,9H,8H2,1H3,(H,17,18). The first kappa shape index (κ1) is 13.5. The summed E-state index contributed by atoms with van der Waals surface area (Å²) in [6.07, 6.45) is -2.29. The number of hydrogen-bond donors (Lipinski definition) is 1. The Morgan fingerprint density at radius 3 is 2.68 bits per heavy atom. The molecule has 102 valence electrons. The second-order valence-electron chi connectivity index (χ2n) is 4.23. The minimum Gasteiger partial charge on any atom is -0.469 e. The van der Waals surface area contributed by atoms with Gasteiger partial charge in [0, 0.05) is 12.5 Å². The second kappa shape index (κ2) is 5.34. The van der Waals surface area contributed by atoms with Gasteiger partial charge in [-0.25, -0.2) is 4.98 Å². The van der Waals surface area contributed by atoms with Gasteiger partial charge in [0.2, 0.25) is 0 Å². The third-order valence-corrected chi connectivity index (χ3v) is 2.52. The second-order valence-corrected chi connectivity index (χ2v) is 4.23. The molecular formula is C13H13F3N2O. The normalized spacial score (nSPS) is 13.3. The summed E-state index contributed by atoms with van der Waals surface area (Å²) in [5, 5.41) is 2.92. The first-order valence-corrected chi connectivity index (χ1v) is 5.78. The molecule has 2 aromatic heterocycles. The number of rotatable bonds is 4. The molecule has 3 nitrogen and oxygen atoms in total. The highest BCUT2D eigenvalue weighted by molar-refractivity contribution is 5.37. The molecule has 0 saturated carbocycles. The molecule has 0 aliphatic carbocycles. The highest BCUT2D eigenvalue weighted by Gasteiger charge is 2.32. The van der Waals surface area contributed by atoms with Crippen LogP contribution in [0.4, 0.5) is 19.0 Å². The van der Waals surface area contributed by atoms with Crippen molar-refractivity contribution in [2.45, 2.75) is 25.6 Å². The van der Waals surface area contributed by atoms with Gasteiger partial charge in [-0.05, 0) is 31.2 Å². The van der Waals surface area contributed by atoms with Gasteiger partial charge in [-0.15, -0.1) is 0 Å². The highest BCUT2D eigenvalue weighted by atomic mass is 19.4. The van der Waals surface area contributed by atoms with E-state index in [1.165, 1.54) is 12.1 Å². The summed E-state index contributed by atoms with van der Waals surface area (Å²) in [7, 11) is 0. The molecule has 2 heterocycles. The van der Waals surface area contributed by atoms with Gasteiger partial charge in [0.1, 0.15) is 17.3 Å². The Kier molecular flexibility index (Phi) is 3.78. The number of hydrogen-bond acceptors (Lipinski definition) is 3. The highest BCUT2D eigenvalue weighted by Crippen LogP contribution is 2.28. The molecule has 0 aromatic carbocycles. The zero-order valence-electron chi connectivity index (χ0n) is 10.2. The van der Waals surface area contributed by atoms with Gasteiger partial charge in [-0.3, -0.25) is 0 Å². The van der Waals surface area contributed by atoms with Crippen molar-refractivity contribution in [3.05, 3.63) is 48.0 Å². The molecule has 1 unspecified atom stereocenters. The summed E-state index contributed by atoms with van der Waals surface area (Å²) in [6.45, 7) is 1.85. The molecule has 0 aliphatic rings. The minimum atomic E-state index is -4.43. The number of anilines is 1. The van der Waals surface area contributed by atoms with Crippen LogP contribution in [0.15, 0.2) is 41.0 Å². The van der Waals surface area contributed by atoms with Crippen molar-refractivity contribution in [3.63, 3.8) is 0 Å². The van der Waals surface area contributed by atoms with Gasteiger partial charge < -0.3 is 9.73 Å². The number of nitrogens with one attached hydrogen (secondary N) is 1. The van der Waals surface area contributed by atoms with Crippen LogP contribution < -0.4 is 5.32 Å². The summed E-state index contributed by atoms with van der Waals surface area (Å²) in [6, 6.07) is 7.29. The van der Waals surface area contributed by atoms with E-state index in [1.807, 2.05) is 13.0 Å². The molecule has 0 aliphatic heterocycles. The maximum atomic E-state index is 12.5. The van der Waals surface area contributed by atoms with E-state index in [4.69, 9.17) is 4.42 Å². The maximum absolute atomic E-state index is 12.5. The van der Waals surface area contributed by atoms with Crippen molar-refractivity contribution in [1.29, 1.82) is 0 Å². The van der Waals surface area contributed by atoms with Crippen molar-refractivity contribution in [2.24, 2.45) is 0 Å². The average Bonchev–Trinajstić information content (AvgIpc) is 2.80. The van der Waals surface area contributed by atoms with Gasteiger partial charge in [-0.1, -0.05) is 6.07 Å². The fraction of sp³-hybridized carbons (Fsp3) is 0.308. The summed E-state index contributed by atoms with van der Waals surface area (Å²) in [5.74, 6) is 0.973. The van der Waals surface area contributed by atoms with Crippen LogP contribution in [0, 0.1) is 0 Å². The molecule has 0 radical (unpaired) electrons. The van der Waals surface area contributed by atoms with Crippen molar-refractivity contribution in [3.8, 4) is 0 Å². The van der Waals surface area contributed by atoms with Crippen LogP contribution in [0.2, 0.25) is 0 Å². The Morgan fingerprint density at radius 2 is 2.05 bits per heavy atom. The van der Waals surface area contributed by atoms with Gasteiger partial charge >= 0.3 is 6.18 Å². The van der Waals surface area contributed by atoms with E-state index in [9.17, 15) is 13.2 Å². The van der Waals surface area contributed by atoms with E-state index < -0.39 is 11.9 Å². The third kappa shape index (κ3) is 3.74. The predicted octanol–water partition coefficient (Wildman–Crippen LogP) is 3.74. The lowest BCUT2D eigenvalue weighted by atomic mass is 10.2. The molecule has 0 spiro atoms. The number of pyridine rings is 1. The zero-order chi connectivity index (χ0) is 13.9. The van der Waals surface area contributed by atoms with Crippen LogP contribution in [0.1, 0.15) is 18.4 Å². The average molecular weight is 270 g/mol. The van der Waals surface area contributed by atoms with E-state index in [0.29, 0.717) is 6.42 Å². The van der Waals surface area contributed by atoms with Crippen molar-refractivity contribution < 1.29 is 17.6 Å². The largest absolute Gasteiger partial charge is 0.469 e. The van der Waals surface area contributed by atoms with Gasteiger partial charge in [0.25, 0.3) is 0 Å². The van der Waals surface area contributed by atoms with E-state index in [-0.39, 0.29) is 11.9 Å². The lowest BCUT2D eigenvalue weighted by Crippen LogP contribution is -2.19. The number of halogens is 3. The Morgan fingerprint density at radius 1 is 1.26 bits per heavy atom. The Labute approximate surface area is 108 Å². The minimum absolute atomic E-state index is 0.0814. The molecule has 0 saturated heterocycles. The number of alkyl halides is 3. The molecule has 1 atom stereocenters. The SMILES string of the molecule is CC(Cc1ccco1)Nc1cccc(C(F)(F)F)n1. The van der Waals surface area contributed by atoms with Crippen molar-refractivity contribution in [2.75, 3.05) is 5.32 Å². The topological polar surface area (TPSA) is 38.1 Å². The van der Waals surface area contributed by atoms with Crippen LogP contribution in [-0.2, 0) is 12.6 Å². The summed E-state index contributed by atoms with van der Waals surface area (Å²) < 4.78 is 42.7. The number of aromatic nitrogens is 1. The fourth-order valence-electron chi connectivity index (χ4n) is 1.71. The lowest BCUT2D eigenvalue weighted by molar-refractivity contribution is -0.141. The Hall–Kier alpha value is -1.98. The Bertz CT molecular complexity index is 523. The van der Waals surface area contributed by atoms with Crippen LogP contribution in [-0.4, -0.2) is 11.0 Å². The molecule has 6 heteroatoms. The maximum Gasteiger partial charge on any atom is 0.433 e. The molecule has 2 aromatic rings. The summed E-state index contributed by atoms with van der Waals surface area (Å²) in [4.78, 5) is 3.55. The van der Waals surface area contributed by atoms with Gasteiger partial charge in [-0.2, -0.15) is 13.2 Å². The smallest absolute Gasteiger partial charge is 0.433 e. The molecule has 2 rings (SSSR count). The molecule has 1 N–H and O–H groups in total. The molecule has 0 amide bonds. The zero-order valence-corrected chi connectivity index (χ0v) is 10.2. The van der Waals surface area contributed by atoms with E-state index in [2.05, 4.69) is 10.3 Å². The van der Waals surface area contributed by atoms with E-state index in [0.717, 1.165) is 11.8 Å². The molecule has 0 bridgehead atoms. The summed E-state index contributed by atoms with van der Waals surface area (Å²) >= 11 is 0. The molecule has 19 heavy (non-hydrogen) atoms. The van der Waals surface area contributed by atoms with E-state index in [1.54, 1.807) is 12.3 Å². The summed E-state index contributed by atoms with van der Waals surface area (Å²) in [5.41, 5.74) is -0.900. The van der Waals surface area contributed by atoms with Crippen LogP contribution in [0.25, 0.3) is 0 Å². The van der Waals surface area contributed by atoms with E-state index >= 15 is 0 Å². The predicted molar refractivity (Wildman–Crippen MR) is 64.7 cm³/mol. The number of furan rings is 1. The van der Waals surface area contributed by atoms with Gasteiger partial charge in [0.15, 0.2) is 0 Å². The first-order chi connectivity index (χ1) is 8.95. The van der Waals surface area contributed by atoms with Gasteiger partial charge in [0.05, 0.1) is 6.26 Å². The number of nitrogens with zero attached hydrogens (tertiary/aromatic N) is 1. The monoisotopic (exact) mass is 270 g/mol. The molecular weight excluding hydrogens is 257 g/mol. The van der Waals surface area contributed by atoms with Crippen LogP contribution >= 0.6 is 0 Å². The quantitative estimate of drug-likeness (QED) is 0.919. The van der Waals surface area contributed by atoms with Crippen molar-refractivity contribution in [1.82, 2.24) is 4.98 Å². The lowest BCUT2D eigenvalue weighted by Gasteiger charge is -2.14. The van der Waals surface area contributed by atoms with Crippen molar-refractivity contribution >= 4 is 5.82 Å². The molecule has 0 fully saturated rings. The Balaban J connectivity index is 2.03. The first-order valence-electron chi connectivity index (χ1n) is 5.78. The fourth-order valence-corrected chi connectivity index (χ4v) is 1.71.